The van der Waals surface area contributed by atoms with Gasteiger partial charge in [-0.3, -0.25) is 14.5 Å². The van der Waals surface area contributed by atoms with Gasteiger partial charge in [-0.2, -0.15) is 13.2 Å². The molecule has 3 amide bonds. The third-order valence-corrected chi connectivity index (χ3v) is 7.50. The van der Waals surface area contributed by atoms with E-state index in [1.807, 2.05) is 0 Å². The van der Waals surface area contributed by atoms with Crippen LogP contribution in [0.3, 0.4) is 0 Å². The summed E-state index contributed by atoms with van der Waals surface area (Å²) in [7, 11) is 1.27. The monoisotopic (exact) mass is 568 g/mol. The summed E-state index contributed by atoms with van der Waals surface area (Å²) in [5, 5.41) is 25.6. The Labute approximate surface area is 225 Å². The predicted octanol–water partition coefficient (Wildman–Crippen LogP) is -1.53. The summed E-state index contributed by atoms with van der Waals surface area (Å²) < 4.78 is 44.6. The lowest BCUT2D eigenvalue weighted by molar-refractivity contribution is -0.257. The predicted molar refractivity (Wildman–Crippen MR) is 130 cm³/mol. The number of nitrogens with zero attached hydrogens (tertiary/aromatic N) is 5. The molecule has 4 heterocycles. The second-order valence-corrected chi connectivity index (χ2v) is 10.1. The lowest BCUT2D eigenvalue weighted by atomic mass is 9.85. The van der Waals surface area contributed by atoms with Crippen LogP contribution in [-0.4, -0.2) is 105 Å². The number of ether oxygens (including phenoxy) is 1. The van der Waals surface area contributed by atoms with E-state index < -0.39 is 59.3 Å². The molecule has 4 aliphatic rings. The molecule has 0 bridgehead atoms. The van der Waals surface area contributed by atoms with Crippen molar-refractivity contribution in [2.45, 2.75) is 55.2 Å². The number of likely N-dealkylation sites (tertiary alicyclic amines) is 1. The molecule has 216 valence electrons. The molecule has 0 aromatic heterocycles. The molecule has 14 nitrogen and oxygen atoms in total. The van der Waals surface area contributed by atoms with Gasteiger partial charge in [0.1, 0.15) is 6.04 Å². The zero-order valence-corrected chi connectivity index (χ0v) is 21.1. The first kappa shape index (κ1) is 27.4. The van der Waals surface area contributed by atoms with E-state index in [4.69, 9.17) is 16.2 Å². The maximum absolute atomic E-state index is 13.1. The van der Waals surface area contributed by atoms with Crippen LogP contribution in [0.4, 0.5) is 18.0 Å². The zero-order valence-electron chi connectivity index (χ0n) is 21.1. The summed E-state index contributed by atoms with van der Waals surface area (Å²) in [6.07, 6.45) is -7.21. The van der Waals surface area contributed by atoms with E-state index in [1.165, 1.54) is 24.1 Å². The first-order valence-corrected chi connectivity index (χ1v) is 12.2. The van der Waals surface area contributed by atoms with Gasteiger partial charge in [0.05, 0.1) is 24.7 Å². The van der Waals surface area contributed by atoms with E-state index in [1.54, 1.807) is 0 Å². The van der Waals surface area contributed by atoms with Gasteiger partial charge < -0.3 is 41.5 Å². The number of carbonyl (C=O) groups is 3. The topological polar surface area (TPSA) is 199 Å². The van der Waals surface area contributed by atoms with Crippen LogP contribution >= 0.6 is 0 Å². The van der Waals surface area contributed by atoms with Crippen LogP contribution < -0.4 is 16.8 Å². The highest BCUT2D eigenvalue weighted by molar-refractivity contribution is 6.02. The molecule has 2 saturated heterocycles. The van der Waals surface area contributed by atoms with Gasteiger partial charge in [-0.1, -0.05) is 12.1 Å². The van der Waals surface area contributed by atoms with E-state index in [9.17, 15) is 37.8 Å². The molecule has 7 N–H and O–H groups in total. The molecule has 1 aromatic carbocycles. The van der Waals surface area contributed by atoms with Crippen molar-refractivity contribution in [3.63, 3.8) is 0 Å². The number of imide groups is 1. The number of aliphatic hydroxyl groups is 2. The highest BCUT2D eigenvalue weighted by Crippen LogP contribution is 2.46. The molecule has 2 fully saturated rings. The van der Waals surface area contributed by atoms with Gasteiger partial charge in [0.15, 0.2) is 23.7 Å². The van der Waals surface area contributed by atoms with E-state index in [2.05, 4.69) is 15.3 Å². The van der Waals surface area contributed by atoms with Crippen LogP contribution in [0.1, 0.15) is 24.0 Å². The molecule has 0 aliphatic carbocycles. The highest BCUT2D eigenvalue weighted by Gasteiger charge is 2.74. The van der Waals surface area contributed by atoms with Crippen molar-refractivity contribution < 1.29 is 42.5 Å². The molecular weight excluding hydrogens is 541 g/mol. The third kappa shape index (κ3) is 4.25. The number of benzene rings is 1. The molecule has 1 spiro atoms. The Bertz CT molecular complexity index is 1300. The van der Waals surface area contributed by atoms with Crippen molar-refractivity contribution in [2.75, 3.05) is 20.1 Å². The van der Waals surface area contributed by atoms with Crippen molar-refractivity contribution in [1.29, 1.82) is 0 Å². The number of aliphatic imine (C=N–C) groups is 2. The SMILES string of the molecule is CN(Cc1cccc(C(F)(F)F)c1)C(=O)OC1CN2C(N)=NC(CN3C(=O)CCC3=O)[C@@H]3N=C(N)N[C@@]32C1(O)O. The number of hydrogen-bond donors (Lipinski definition) is 5. The molecule has 0 saturated carbocycles. The minimum atomic E-state index is -4.57. The Morgan fingerprint density at radius 2 is 1.90 bits per heavy atom. The standard InChI is InChI=1S/C23H27F3N8O6/c1-32(8-11-3-2-4-12(7-11)23(24,25)26)20(37)40-14-10-34-19(28)29-13(9-33-15(35)5-6-16(33)36)17-21(34,22(14,38)39)31-18(27)30-17/h2-4,7,13-14,17,38-39H,5-6,8-10H2,1H3,(H2,28,29)(H3,27,30,31)/t13?,14?,17-,21-/m0/s1. The number of rotatable bonds is 5. The van der Waals surface area contributed by atoms with E-state index >= 15 is 0 Å². The number of amides is 3. The van der Waals surface area contributed by atoms with Crippen LogP contribution in [0.5, 0.6) is 0 Å². The summed E-state index contributed by atoms with van der Waals surface area (Å²) in [6.45, 7) is -0.877. The number of nitrogens with two attached hydrogens (primary N) is 2. The number of nitrogens with one attached hydrogen (secondary N) is 1. The number of carbonyl (C=O) groups excluding carboxylic acids is 3. The summed E-state index contributed by atoms with van der Waals surface area (Å²) in [6, 6.07) is 2.22. The van der Waals surface area contributed by atoms with Gasteiger partial charge in [-0.05, 0) is 17.7 Å². The average molecular weight is 569 g/mol. The molecule has 4 atom stereocenters. The summed E-state index contributed by atoms with van der Waals surface area (Å²) >= 11 is 0. The fourth-order valence-corrected chi connectivity index (χ4v) is 5.58. The number of alkyl halides is 3. The lowest BCUT2D eigenvalue weighted by Gasteiger charge is -2.48. The maximum Gasteiger partial charge on any atom is 0.416 e. The van der Waals surface area contributed by atoms with Crippen molar-refractivity contribution in [2.24, 2.45) is 21.5 Å². The third-order valence-electron chi connectivity index (χ3n) is 7.50. The Balaban J connectivity index is 1.36. The van der Waals surface area contributed by atoms with Gasteiger partial charge in [0.2, 0.25) is 17.6 Å². The summed E-state index contributed by atoms with van der Waals surface area (Å²) in [5.74, 6) is -4.13. The average Bonchev–Trinajstić information content (AvgIpc) is 3.46. The Kier molecular flexibility index (Phi) is 6.33. The van der Waals surface area contributed by atoms with Crippen LogP contribution in [0.25, 0.3) is 0 Å². The molecule has 0 radical (unpaired) electrons. The van der Waals surface area contributed by atoms with Gasteiger partial charge in [-0.15, -0.1) is 0 Å². The van der Waals surface area contributed by atoms with Gasteiger partial charge in [-0.25, -0.2) is 14.8 Å². The lowest BCUT2D eigenvalue weighted by Crippen LogP contribution is -2.77. The molecule has 40 heavy (non-hydrogen) atoms. The zero-order chi connectivity index (χ0) is 29.2. The first-order valence-electron chi connectivity index (χ1n) is 12.2. The quantitative estimate of drug-likeness (QED) is 0.205. The summed E-state index contributed by atoms with van der Waals surface area (Å²) in [5.41, 5.74) is 9.39. The van der Waals surface area contributed by atoms with Gasteiger partial charge in [0, 0.05) is 26.4 Å². The van der Waals surface area contributed by atoms with Crippen LogP contribution in [0.15, 0.2) is 34.3 Å². The number of guanidine groups is 2. The first-order chi connectivity index (χ1) is 18.6. The molecule has 4 aliphatic heterocycles. The Morgan fingerprint density at radius 3 is 2.55 bits per heavy atom. The van der Waals surface area contributed by atoms with E-state index in [-0.39, 0.29) is 50.0 Å². The van der Waals surface area contributed by atoms with Gasteiger partial charge >= 0.3 is 12.3 Å². The molecule has 1 aromatic rings. The van der Waals surface area contributed by atoms with Crippen molar-refractivity contribution in [3.05, 3.63) is 35.4 Å². The van der Waals surface area contributed by atoms with Crippen LogP contribution in [-0.2, 0) is 27.0 Å². The second kappa shape index (κ2) is 9.22. The largest absolute Gasteiger partial charge is 0.438 e. The molecular formula is C23H27F3N8O6. The minimum absolute atomic E-state index is 0.0340. The molecule has 2 unspecified atom stereocenters. The van der Waals surface area contributed by atoms with Gasteiger partial charge in [0.25, 0.3) is 0 Å². The minimum Gasteiger partial charge on any atom is -0.438 e. The summed E-state index contributed by atoms with van der Waals surface area (Å²) in [4.78, 5) is 49.1. The Morgan fingerprint density at radius 1 is 1.23 bits per heavy atom. The van der Waals surface area contributed by atoms with Crippen molar-refractivity contribution >= 4 is 29.8 Å². The highest BCUT2D eigenvalue weighted by atomic mass is 19.4. The second-order valence-electron chi connectivity index (χ2n) is 10.1. The number of halogens is 3. The fraction of sp³-hybridized carbons (Fsp3) is 0.522. The molecule has 5 rings (SSSR count). The fourth-order valence-electron chi connectivity index (χ4n) is 5.58. The Hall–Kier alpha value is -4.12. The van der Waals surface area contributed by atoms with Crippen molar-refractivity contribution in [3.8, 4) is 0 Å². The van der Waals surface area contributed by atoms with Crippen LogP contribution in [0, 0.1) is 0 Å². The van der Waals surface area contributed by atoms with E-state index in [0.29, 0.717) is 0 Å². The van der Waals surface area contributed by atoms with Crippen molar-refractivity contribution in [1.82, 2.24) is 20.0 Å². The van der Waals surface area contributed by atoms with E-state index in [0.717, 1.165) is 21.9 Å². The smallest absolute Gasteiger partial charge is 0.416 e. The van der Waals surface area contributed by atoms with Crippen LogP contribution in [0.2, 0.25) is 0 Å². The maximum atomic E-state index is 13.1. The normalized spacial score (nSPS) is 29.0. The molecule has 17 heteroatoms. The number of hydrogen-bond acceptors (Lipinski definition) is 12.